The van der Waals surface area contributed by atoms with Crippen LogP contribution in [0.2, 0.25) is 0 Å². The number of likely N-dealkylation sites (N-methyl/N-ethyl adjacent to an activating group) is 1. The van der Waals surface area contributed by atoms with Crippen LogP contribution < -0.4 is 0 Å². The molecule has 1 fully saturated rings. The average Bonchev–Trinajstić information content (AvgIpc) is 1.96. The number of nitrogens with zero attached hydrogens (tertiary/aromatic N) is 2. The van der Waals surface area contributed by atoms with Gasteiger partial charge in [-0.25, -0.2) is 11.1 Å². The molecule has 4 heteroatoms. The molecule has 1 aliphatic rings. The summed E-state index contributed by atoms with van der Waals surface area (Å²) in [7, 11) is 1.88. The number of rotatable bonds is 1. The maximum absolute atomic E-state index is 11.3. The van der Waals surface area contributed by atoms with Crippen LogP contribution in [0.15, 0.2) is 0 Å². The predicted molar refractivity (Wildman–Crippen MR) is 54.6 cm³/mol. The number of amides is 1. The Hall–Kier alpha value is -0.220. The van der Waals surface area contributed by atoms with Gasteiger partial charge in [0.15, 0.2) is 0 Å². The highest BCUT2D eigenvalue weighted by Crippen LogP contribution is 2.26. The summed E-state index contributed by atoms with van der Waals surface area (Å²) in [6, 6.07) is 0.522. The molecule has 1 saturated heterocycles. The minimum atomic E-state index is -0.118. The van der Waals surface area contributed by atoms with E-state index in [0.29, 0.717) is 12.6 Å². The van der Waals surface area contributed by atoms with Gasteiger partial charge in [-0.2, -0.15) is 0 Å². The summed E-state index contributed by atoms with van der Waals surface area (Å²) in [6.45, 7) is 3.67. The summed E-state index contributed by atoms with van der Waals surface area (Å²) in [5.41, 5.74) is 0. The first-order valence-corrected chi connectivity index (χ1v) is 6.39. The second-order valence-electron chi connectivity index (χ2n) is 3.57. The predicted octanol–water partition coefficient (Wildman–Crippen LogP) is 0.325. The van der Waals surface area contributed by atoms with Crippen LogP contribution in [0.25, 0.3) is 0 Å². The zero-order valence-electron chi connectivity index (χ0n) is 8.24. The minimum absolute atomic E-state index is 0.118. The Morgan fingerprint density at radius 3 is 2.58 bits per heavy atom. The Balaban J connectivity index is 2.61. The highest BCUT2D eigenvalue weighted by atomic mass is 32.2. The fourth-order valence-electron chi connectivity index (χ4n) is 1.54. The Morgan fingerprint density at radius 1 is 1.50 bits per heavy atom. The zero-order chi connectivity index (χ0) is 9.30. The normalized spacial score (nSPS) is 27.7. The van der Waals surface area contributed by atoms with Gasteiger partial charge in [0.05, 0.1) is 6.54 Å². The van der Waals surface area contributed by atoms with Gasteiger partial charge in [0.2, 0.25) is 5.91 Å². The van der Waals surface area contributed by atoms with E-state index in [2.05, 4.69) is 23.7 Å². The number of carbonyl (C=O) groups excluding carboxylic acids is 1. The van der Waals surface area contributed by atoms with Gasteiger partial charge in [-0.05, 0) is 19.4 Å². The molecule has 1 amide bonds. The van der Waals surface area contributed by atoms with Crippen molar-refractivity contribution in [2.24, 2.45) is 0 Å². The van der Waals surface area contributed by atoms with E-state index >= 15 is 0 Å². The van der Waals surface area contributed by atoms with Gasteiger partial charge in [-0.1, -0.05) is 0 Å². The van der Waals surface area contributed by atoms with Crippen molar-refractivity contribution < 1.29 is 4.79 Å². The molecule has 0 aromatic heterocycles. The van der Waals surface area contributed by atoms with Gasteiger partial charge in [0, 0.05) is 19.6 Å². The molecule has 0 saturated carbocycles. The second-order valence-corrected chi connectivity index (χ2v) is 5.78. The molecule has 0 spiro atoms. The van der Waals surface area contributed by atoms with Gasteiger partial charge < -0.3 is 4.90 Å². The number of hydrogen-bond donors (Lipinski definition) is 1. The molecule has 0 bridgehead atoms. The third kappa shape index (κ3) is 1.93. The van der Waals surface area contributed by atoms with Crippen LogP contribution in [-0.2, 0) is 4.79 Å². The van der Waals surface area contributed by atoms with Crippen LogP contribution in [0.5, 0.6) is 0 Å². The van der Waals surface area contributed by atoms with Crippen molar-refractivity contribution in [3.63, 3.8) is 0 Å². The molecule has 1 atom stereocenters. The fraction of sp³-hybridized carbons (Fsp3) is 0.875. The van der Waals surface area contributed by atoms with E-state index in [0.717, 1.165) is 6.54 Å². The lowest BCUT2D eigenvalue weighted by molar-refractivity contribution is -0.133. The fourth-order valence-corrected chi connectivity index (χ4v) is 2.81. The van der Waals surface area contributed by atoms with E-state index < -0.39 is 0 Å². The van der Waals surface area contributed by atoms with Crippen molar-refractivity contribution in [2.75, 3.05) is 32.6 Å². The summed E-state index contributed by atoms with van der Waals surface area (Å²) in [5, 5.41) is 0. The van der Waals surface area contributed by atoms with Gasteiger partial charge in [-0.3, -0.25) is 9.10 Å². The van der Waals surface area contributed by atoms with E-state index in [-0.39, 0.29) is 17.0 Å². The SMILES string of the molecule is C[C@@H]1CN(C)C(=O)CN1[SH](C)C. The number of thiol groups is 1. The molecule has 0 N–H and O–H groups in total. The molecule has 1 aliphatic heterocycles. The minimum Gasteiger partial charge on any atom is -0.343 e. The van der Waals surface area contributed by atoms with Crippen LogP contribution in [-0.4, -0.2) is 53.8 Å². The zero-order valence-corrected chi connectivity index (χ0v) is 9.14. The summed E-state index contributed by atoms with van der Waals surface area (Å²) in [5.74, 6) is 0.254. The Kier molecular flexibility index (Phi) is 3.01. The van der Waals surface area contributed by atoms with Crippen molar-refractivity contribution >= 4 is 17.0 Å². The summed E-state index contributed by atoms with van der Waals surface area (Å²) in [4.78, 5) is 13.2. The quantitative estimate of drug-likeness (QED) is 0.602. The molecule has 3 nitrogen and oxygen atoms in total. The first-order valence-electron chi connectivity index (χ1n) is 4.20. The molecule has 0 radical (unpaired) electrons. The first-order chi connectivity index (χ1) is 5.52. The molecule has 0 unspecified atom stereocenters. The lowest BCUT2D eigenvalue weighted by atomic mass is 10.2. The summed E-state index contributed by atoms with van der Waals surface area (Å²) < 4.78 is 2.30. The molecular formula is C8H18N2OS. The molecule has 1 heterocycles. The maximum atomic E-state index is 11.3. The van der Waals surface area contributed by atoms with Gasteiger partial charge >= 0.3 is 0 Å². The largest absolute Gasteiger partial charge is 0.343 e. The molecule has 0 aromatic rings. The van der Waals surface area contributed by atoms with Crippen molar-refractivity contribution in [3.8, 4) is 0 Å². The molecule has 0 aliphatic carbocycles. The van der Waals surface area contributed by atoms with E-state index in [1.807, 2.05) is 11.9 Å². The van der Waals surface area contributed by atoms with Crippen molar-refractivity contribution in [1.82, 2.24) is 9.21 Å². The van der Waals surface area contributed by atoms with Gasteiger partial charge in [-0.15, -0.1) is 0 Å². The van der Waals surface area contributed by atoms with Crippen molar-refractivity contribution in [1.29, 1.82) is 0 Å². The van der Waals surface area contributed by atoms with Crippen LogP contribution >= 0.6 is 11.1 Å². The molecule has 72 valence electrons. The van der Waals surface area contributed by atoms with Crippen LogP contribution in [0.3, 0.4) is 0 Å². The monoisotopic (exact) mass is 190 g/mol. The number of hydrogen-bond acceptors (Lipinski definition) is 2. The smallest absolute Gasteiger partial charge is 0.237 e. The highest BCUT2D eigenvalue weighted by molar-refractivity contribution is 8.13. The summed E-state index contributed by atoms with van der Waals surface area (Å²) >= 11 is -0.118. The topological polar surface area (TPSA) is 23.6 Å². The maximum Gasteiger partial charge on any atom is 0.237 e. The lowest BCUT2D eigenvalue weighted by Crippen LogP contribution is -2.51. The first kappa shape index (κ1) is 9.86. The van der Waals surface area contributed by atoms with E-state index in [9.17, 15) is 4.79 Å². The van der Waals surface area contributed by atoms with Gasteiger partial charge in [0.1, 0.15) is 0 Å². The lowest BCUT2D eigenvalue weighted by Gasteiger charge is -2.41. The van der Waals surface area contributed by atoms with Crippen LogP contribution in [0.4, 0.5) is 0 Å². The standard InChI is InChI=1S/C8H18N2OS/c1-7-5-9(2)8(11)6-10(7)12(3)4/h7,12H,5-6H2,1-4H3/t7-/m1/s1. The van der Waals surface area contributed by atoms with Gasteiger partial charge in [0.25, 0.3) is 0 Å². The third-order valence-corrected chi connectivity index (χ3v) is 3.85. The molecular weight excluding hydrogens is 172 g/mol. The van der Waals surface area contributed by atoms with Crippen molar-refractivity contribution in [2.45, 2.75) is 13.0 Å². The Labute approximate surface area is 77.2 Å². The Morgan fingerprint density at radius 2 is 2.08 bits per heavy atom. The van der Waals surface area contributed by atoms with E-state index in [4.69, 9.17) is 0 Å². The van der Waals surface area contributed by atoms with Crippen LogP contribution in [0, 0.1) is 0 Å². The summed E-state index contributed by atoms with van der Waals surface area (Å²) in [6.07, 6.45) is 4.40. The van der Waals surface area contributed by atoms with E-state index in [1.165, 1.54) is 0 Å². The van der Waals surface area contributed by atoms with E-state index in [1.54, 1.807) is 0 Å². The highest BCUT2D eigenvalue weighted by Gasteiger charge is 2.27. The second kappa shape index (κ2) is 3.66. The van der Waals surface area contributed by atoms with Crippen LogP contribution in [0.1, 0.15) is 6.92 Å². The third-order valence-electron chi connectivity index (χ3n) is 2.28. The molecule has 12 heavy (non-hydrogen) atoms. The number of piperazine rings is 1. The molecule has 0 aromatic carbocycles. The molecule has 1 rings (SSSR count). The number of carbonyl (C=O) groups is 1. The van der Waals surface area contributed by atoms with Crippen molar-refractivity contribution in [3.05, 3.63) is 0 Å². The Bertz CT molecular complexity index is 184. The average molecular weight is 190 g/mol.